The van der Waals surface area contributed by atoms with E-state index in [1.807, 2.05) is 19.9 Å². The molecule has 0 spiro atoms. The van der Waals surface area contributed by atoms with Gasteiger partial charge in [0.25, 0.3) is 0 Å². The number of hydrogen-bond donors (Lipinski definition) is 0. The van der Waals surface area contributed by atoms with Gasteiger partial charge in [-0.2, -0.15) is 0 Å². The Balaban J connectivity index is 3.92. The molecule has 0 aliphatic carbocycles. The van der Waals surface area contributed by atoms with Gasteiger partial charge in [-0.15, -0.1) is 0 Å². The molecule has 0 amide bonds. The van der Waals surface area contributed by atoms with Gasteiger partial charge in [0.05, 0.1) is 0 Å². The lowest BCUT2D eigenvalue weighted by molar-refractivity contribution is -0.113. The van der Waals surface area contributed by atoms with Gasteiger partial charge in [-0.05, 0) is 25.8 Å². The van der Waals surface area contributed by atoms with Crippen LogP contribution in [0.5, 0.6) is 0 Å². The van der Waals surface area contributed by atoms with Crippen LogP contribution in [-0.4, -0.2) is 5.78 Å². The number of hydrogen-bond acceptors (Lipinski definition) is 1. The zero-order valence-corrected chi connectivity index (χ0v) is 5.69. The average molecular weight is 112 g/mol. The largest absolute Gasteiger partial charge is 0.295 e. The number of carbonyl (C=O) groups is 1. The van der Waals surface area contributed by atoms with Crippen molar-refractivity contribution >= 4 is 5.78 Å². The minimum absolute atomic E-state index is 0.190. The molecule has 0 fully saturated rings. The molecular weight excluding hydrogens is 100 g/mol. The lowest BCUT2D eigenvalue weighted by atomic mass is 10.1. The van der Waals surface area contributed by atoms with Gasteiger partial charge in [0.15, 0.2) is 5.78 Å². The predicted molar refractivity (Wildman–Crippen MR) is 34.7 cm³/mol. The van der Waals surface area contributed by atoms with Crippen LogP contribution in [0.2, 0.25) is 0 Å². The van der Waals surface area contributed by atoms with Crippen LogP contribution in [0, 0.1) is 0 Å². The van der Waals surface area contributed by atoms with Crippen molar-refractivity contribution in [1.82, 2.24) is 0 Å². The second-order valence-corrected chi connectivity index (χ2v) is 1.72. The summed E-state index contributed by atoms with van der Waals surface area (Å²) in [5, 5.41) is 0. The summed E-state index contributed by atoms with van der Waals surface area (Å²) >= 11 is 0. The SMILES string of the molecule is CC=C(CC)C(C)=O. The van der Waals surface area contributed by atoms with E-state index in [4.69, 9.17) is 0 Å². The van der Waals surface area contributed by atoms with E-state index in [0.717, 1.165) is 12.0 Å². The van der Waals surface area contributed by atoms with Crippen LogP contribution in [0.15, 0.2) is 11.6 Å². The van der Waals surface area contributed by atoms with Crippen molar-refractivity contribution in [3.05, 3.63) is 11.6 Å². The summed E-state index contributed by atoms with van der Waals surface area (Å²) in [5.41, 5.74) is 0.921. The van der Waals surface area contributed by atoms with E-state index in [9.17, 15) is 4.79 Å². The Morgan fingerprint density at radius 3 is 2.12 bits per heavy atom. The highest BCUT2D eigenvalue weighted by molar-refractivity contribution is 5.92. The summed E-state index contributed by atoms with van der Waals surface area (Å²) < 4.78 is 0. The summed E-state index contributed by atoms with van der Waals surface area (Å²) in [5.74, 6) is 0.190. The molecule has 0 aliphatic heterocycles. The highest BCUT2D eigenvalue weighted by atomic mass is 16.1. The maximum Gasteiger partial charge on any atom is 0.155 e. The number of Topliss-reactive ketones (excluding diaryl/α,β-unsaturated/α-hetero) is 1. The topological polar surface area (TPSA) is 17.1 Å². The summed E-state index contributed by atoms with van der Waals surface area (Å²) in [7, 11) is 0. The fraction of sp³-hybridized carbons (Fsp3) is 0.571. The molecule has 0 rings (SSSR count). The first-order valence-corrected chi connectivity index (χ1v) is 2.88. The van der Waals surface area contributed by atoms with Crippen LogP contribution in [-0.2, 0) is 4.79 Å². The van der Waals surface area contributed by atoms with Crippen LogP contribution in [0.25, 0.3) is 0 Å². The van der Waals surface area contributed by atoms with Crippen molar-refractivity contribution < 1.29 is 4.79 Å². The predicted octanol–water partition coefficient (Wildman–Crippen LogP) is 1.93. The van der Waals surface area contributed by atoms with Gasteiger partial charge >= 0.3 is 0 Å². The van der Waals surface area contributed by atoms with Crippen molar-refractivity contribution in [3.8, 4) is 0 Å². The molecule has 8 heavy (non-hydrogen) atoms. The molecule has 0 atom stereocenters. The van der Waals surface area contributed by atoms with Crippen LogP contribution < -0.4 is 0 Å². The minimum atomic E-state index is 0.190. The second-order valence-electron chi connectivity index (χ2n) is 1.72. The van der Waals surface area contributed by atoms with E-state index >= 15 is 0 Å². The molecule has 0 heterocycles. The van der Waals surface area contributed by atoms with Crippen LogP contribution >= 0.6 is 0 Å². The number of carbonyl (C=O) groups excluding carboxylic acids is 1. The standard InChI is InChI=1S/C7H12O/c1-4-7(5-2)6(3)8/h4H,5H2,1-3H3. The normalized spacial score (nSPS) is 11.6. The van der Waals surface area contributed by atoms with E-state index in [1.165, 1.54) is 0 Å². The van der Waals surface area contributed by atoms with E-state index in [-0.39, 0.29) is 5.78 Å². The van der Waals surface area contributed by atoms with Crippen LogP contribution in [0.3, 0.4) is 0 Å². The van der Waals surface area contributed by atoms with Gasteiger partial charge in [0, 0.05) is 0 Å². The highest BCUT2D eigenvalue weighted by Crippen LogP contribution is 1.99. The smallest absolute Gasteiger partial charge is 0.155 e. The zero-order valence-electron chi connectivity index (χ0n) is 5.69. The Labute approximate surface area is 50.4 Å². The molecule has 46 valence electrons. The lowest BCUT2D eigenvalue weighted by Gasteiger charge is -1.92. The Bertz CT molecular complexity index is 112. The van der Waals surface area contributed by atoms with Crippen LogP contribution in [0.4, 0.5) is 0 Å². The molecule has 1 heteroatoms. The molecule has 0 saturated heterocycles. The van der Waals surface area contributed by atoms with Gasteiger partial charge in [-0.25, -0.2) is 0 Å². The van der Waals surface area contributed by atoms with Crippen molar-refractivity contribution in [2.45, 2.75) is 27.2 Å². The summed E-state index contributed by atoms with van der Waals surface area (Å²) in [4.78, 5) is 10.5. The minimum Gasteiger partial charge on any atom is -0.295 e. The Hall–Kier alpha value is -0.590. The fourth-order valence-electron chi connectivity index (χ4n) is 0.656. The van der Waals surface area contributed by atoms with E-state index < -0.39 is 0 Å². The Kier molecular flexibility index (Phi) is 3.16. The molecule has 0 aliphatic rings. The third-order valence-electron chi connectivity index (χ3n) is 1.18. The molecule has 0 N–H and O–H groups in total. The molecule has 0 radical (unpaired) electrons. The quantitative estimate of drug-likeness (QED) is 0.499. The van der Waals surface area contributed by atoms with Gasteiger partial charge in [0.1, 0.15) is 0 Å². The van der Waals surface area contributed by atoms with Crippen molar-refractivity contribution in [1.29, 1.82) is 0 Å². The first kappa shape index (κ1) is 7.41. The van der Waals surface area contributed by atoms with E-state index in [2.05, 4.69) is 0 Å². The maximum absolute atomic E-state index is 10.5. The van der Waals surface area contributed by atoms with E-state index in [0.29, 0.717) is 0 Å². The van der Waals surface area contributed by atoms with Crippen molar-refractivity contribution in [2.24, 2.45) is 0 Å². The molecule has 0 bridgehead atoms. The molecule has 1 nitrogen and oxygen atoms in total. The third-order valence-corrected chi connectivity index (χ3v) is 1.18. The number of ketones is 1. The van der Waals surface area contributed by atoms with Gasteiger partial charge in [-0.1, -0.05) is 13.0 Å². The second kappa shape index (κ2) is 3.42. The molecular formula is C7H12O. The maximum atomic E-state index is 10.5. The summed E-state index contributed by atoms with van der Waals surface area (Å²) in [6, 6.07) is 0. The first-order chi connectivity index (χ1) is 3.72. The van der Waals surface area contributed by atoms with Crippen molar-refractivity contribution in [2.75, 3.05) is 0 Å². The van der Waals surface area contributed by atoms with Gasteiger partial charge < -0.3 is 0 Å². The fourth-order valence-corrected chi connectivity index (χ4v) is 0.656. The van der Waals surface area contributed by atoms with E-state index in [1.54, 1.807) is 6.92 Å². The molecule has 0 unspecified atom stereocenters. The Morgan fingerprint density at radius 1 is 1.62 bits per heavy atom. The molecule has 0 saturated carbocycles. The highest BCUT2D eigenvalue weighted by Gasteiger charge is 1.95. The average Bonchev–Trinajstić information content (AvgIpc) is 1.69. The molecule has 0 aromatic rings. The summed E-state index contributed by atoms with van der Waals surface area (Å²) in [6.45, 7) is 5.47. The van der Waals surface area contributed by atoms with Gasteiger partial charge in [-0.3, -0.25) is 4.79 Å². The number of allylic oxidation sites excluding steroid dienone is 2. The van der Waals surface area contributed by atoms with Gasteiger partial charge in [0.2, 0.25) is 0 Å². The Morgan fingerprint density at radius 2 is 2.12 bits per heavy atom. The monoisotopic (exact) mass is 112 g/mol. The molecule has 0 aromatic carbocycles. The third kappa shape index (κ3) is 1.92. The first-order valence-electron chi connectivity index (χ1n) is 2.88. The number of rotatable bonds is 2. The van der Waals surface area contributed by atoms with Crippen molar-refractivity contribution in [3.63, 3.8) is 0 Å². The zero-order chi connectivity index (χ0) is 6.57. The lowest BCUT2D eigenvalue weighted by Crippen LogP contribution is -1.92. The summed E-state index contributed by atoms with van der Waals surface area (Å²) in [6.07, 6.45) is 2.72. The van der Waals surface area contributed by atoms with Crippen LogP contribution in [0.1, 0.15) is 27.2 Å². The molecule has 0 aromatic heterocycles.